The molecule has 1 atom stereocenters. The Morgan fingerprint density at radius 1 is 1.25 bits per heavy atom. The summed E-state index contributed by atoms with van der Waals surface area (Å²) >= 11 is 0. The highest BCUT2D eigenvalue weighted by Gasteiger charge is 2.11. The van der Waals surface area contributed by atoms with E-state index in [1.165, 1.54) is 0 Å². The lowest BCUT2D eigenvalue weighted by atomic mass is 10.0. The lowest BCUT2D eigenvalue weighted by Gasteiger charge is -2.12. The van der Waals surface area contributed by atoms with Gasteiger partial charge in [0.05, 0.1) is 11.7 Å². The Morgan fingerprint density at radius 2 is 2.08 bits per heavy atom. The summed E-state index contributed by atoms with van der Waals surface area (Å²) in [6.45, 7) is 4.42. The molecule has 36 heavy (non-hydrogen) atoms. The van der Waals surface area contributed by atoms with Crippen molar-refractivity contribution >= 4 is 26.5 Å². The lowest BCUT2D eigenvalue weighted by Crippen LogP contribution is -2.26. The van der Waals surface area contributed by atoms with Crippen molar-refractivity contribution in [1.29, 1.82) is 0 Å². The van der Waals surface area contributed by atoms with Crippen LogP contribution < -0.4 is 10.2 Å². The summed E-state index contributed by atoms with van der Waals surface area (Å²) in [5.41, 5.74) is 6.09. The van der Waals surface area contributed by atoms with Crippen LogP contribution >= 0.6 is 0 Å². The first-order valence-electron chi connectivity index (χ1n) is 11.9. The molecular weight excluding hydrogens is 472 g/mol. The summed E-state index contributed by atoms with van der Waals surface area (Å²) in [6.07, 6.45) is 11.2. The van der Waals surface area contributed by atoms with Crippen molar-refractivity contribution in [2.24, 2.45) is 7.05 Å². The third-order valence-electron chi connectivity index (χ3n) is 6.23. The molecule has 0 spiro atoms. The van der Waals surface area contributed by atoms with Crippen LogP contribution in [0, 0.1) is 6.92 Å². The van der Waals surface area contributed by atoms with Gasteiger partial charge in [0.2, 0.25) is 0 Å². The zero-order valence-electron chi connectivity index (χ0n) is 21.0. The average Bonchev–Trinajstić information content (AvgIpc) is 3.52. The predicted octanol–water partition coefficient (Wildman–Crippen LogP) is 3.72. The van der Waals surface area contributed by atoms with Crippen LogP contribution in [0.25, 0.3) is 22.0 Å². The molecule has 9 heteroatoms. The first-order valence-corrected chi connectivity index (χ1v) is 13.8. The second kappa shape index (κ2) is 11.0. The molecule has 3 heterocycles. The van der Waals surface area contributed by atoms with Crippen molar-refractivity contribution < 1.29 is 4.21 Å². The minimum absolute atomic E-state index is 0.000586. The van der Waals surface area contributed by atoms with Gasteiger partial charge in [-0.1, -0.05) is 24.6 Å². The molecule has 1 unspecified atom stereocenters. The number of hydrogen-bond acceptors (Lipinski definition) is 5. The minimum atomic E-state index is -2.49. The molecule has 1 aromatic carbocycles. The molecular formula is C27H32N6O2S. The van der Waals surface area contributed by atoms with Crippen molar-refractivity contribution in [2.75, 3.05) is 5.75 Å². The van der Waals surface area contributed by atoms with E-state index in [2.05, 4.69) is 36.9 Å². The molecule has 0 aliphatic rings. The summed E-state index contributed by atoms with van der Waals surface area (Å²) in [5.74, 6) is 4.27. The fourth-order valence-electron chi connectivity index (χ4n) is 4.14. The number of pyridine rings is 1. The number of aromatic amines is 1. The largest absolute Gasteiger partial charge is 0.289 e. The van der Waals surface area contributed by atoms with E-state index in [0.717, 1.165) is 39.9 Å². The Balaban J connectivity index is 1.53. The monoisotopic (exact) mass is 504 g/mol. The van der Waals surface area contributed by atoms with Crippen molar-refractivity contribution in [1.82, 2.24) is 29.7 Å². The SMILES string of the molecule is C=S(=O)(C/C(=C/CCc1c(C)ccc2ncc(-c3cnn(C)c3)cc2c1=O)CC)NCc1ccn[nH]1. The first kappa shape index (κ1) is 25.5. The van der Waals surface area contributed by atoms with Crippen molar-refractivity contribution in [2.45, 2.75) is 39.7 Å². The average molecular weight is 505 g/mol. The summed E-state index contributed by atoms with van der Waals surface area (Å²) in [4.78, 5) is 18.1. The standard InChI is InChI=1S/C27H32N6O2S/c1-5-20(18-36(4,35)31-16-23-11-12-29-32-23)7-6-8-24-19(2)9-10-26-25(27(24)34)13-21(14-28-26)22-15-30-33(3)17-22/h7,9-15,17H,4-6,8,16,18H2,1-3H3,(H,29,32)(H,31,35)/b20-7+. The summed E-state index contributed by atoms with van der Waals surface area (Å²) in [5, 5.41) is 11.6. The molecule has 0 saturated carbocycles. The van der Waals surface area contributed by atoms with Crippen LogP contribution in [0.5, 0.6) is 0 Å². The number of nitrogens with zero attached hydrogens (tertiary/aromatic N) is 4. The van der Waals surface area contributed by atoms with E-state index < -0.39 is 9.71 Å². The van der Waals surface area contributed by atoms with Crippen LogP contribution in [0.3, 0.4) is 0 Å². The van der Waals surface area contributed by atoms with Crippen LogP contribution in [0.15, 0.2) is 65.5 Å². The number of H-pyrrole nitrogens is 1. The number of hydrogen-bond donors (Lipinski definition) is 2. The van der Waals surface area contributed by atoms with Crippen LogP contribution in [-0.4, -0.2) is 40.8 Å². The molecule has 2 N–H and O–H groups in total. The van der Waals surface area contributed by atoms with Crippen LogP contribution in [0.2, 0.25) is 0 Å². The van der Waals surface area contributed by atoms with Gasteiger partial charge >= 0.3 is 0 Å². The quantitative estimate of drug-likeness (QED) is 0.253. The number of aromatic nitrogens is 5. The fraction of sp³-hybridized carbons (Fsp3) is 0.296. The second-order valence-corrected chi connectivity index (χ2v) is 11.2. The fourth-order valence-corrected chi connectivity index (χ4v) is 5.59. The van der Waals surface area contributed by atoms with Crippen molar-refractivity contribution in [3.8, 4) is 11.1 Å². The van der Waals surface area contributed by atoms with E-state index in [1.54, 1.807) is 23.3 Å². The second-order valence-electron chi connectivity index (χ2n) is 9.00. The summed E-state index contributed by atoms with van der Waals surface area (Å²) in [7, 11) is -0.632. The molecule has 3 aromatic heterocycles. The van der Waals surface area contributed by atoms with Gasteiger partial charge in [-0.3, -0.25) is 23.8 Å². The normalized spacial score (nSPS) is 13.7. The summed E-state index contributed by atoms with van der Waals surface area (Å²) in [6, 6.07) is 7.60. The maximum Gasteiger partial charge on any atom is 0.191 e. The van der Waals surface area contributed by atoms with E-state index in [1.807, 2.05) is 51.4 Å². The van der Waals surface area contributed by atoms with E-state index in [-0.39, 0.29) is 5.43 Å². The highest BCUT2D eigenvalue weighted by molar-refractivity contribution is 7.98. The molecule has 0 saturated heterocycles. The van der Waals surface area contributed by atoms with Crippen molar-refractivity contribution in [3.05, 3.63) is 87.7 Å². The molecule has 0 radical (unpaired) electrons. The van der Waals surface area contributed by atoms with Crippen LogP contribution in [0.1, 0.15) is 36.6 Å². The van der Waals surface area contributed by atoms with Crippen LogP contribution in [-0.2, 0) is 29.7 Å². The molecule has 8 nitrogen and oxygen atoms in total. The van der Waals surface area contributed by atoms with Crippen LogP contribution in [0.4, 0.5) is 0 Å². The van der Waals surface area contributed by atoms with Gasteiger partial charge in [0.25, 0.3) is 0 Å². The Labute approximate surface area is 211 Å². The van der Waals surface area contributed by atoms with E-state index >= 15 is 0 Å². The molecule has 188 valence electrons. The predicted molar refractivity (Wildman–Crippen MR) is 147 cm³/mol. The molecule has 0 amide bonds. The number of allylic oxidation sites excluding steroid dienone is 1. The Morgan fingerprint density at radius 3 is 2.78 bits per heavy atom. The number of fused-ring (bicyclic) bond motifs is 1. The molecule has 4 rings (SSSR count). The number of rotatable bonds is 10. The topological polar surface area (TPSA) is 106 Å². The minimum Gasteiger partial charge on any atom is -0.289 e. The smallest absolute Gasteiger partial charge is 0.191 e. The van der Waals surface area contributed by atoms with Gasteiger partial charge in [0, 0.05) is 75.4 Å². The highest BCUT2D eigenvalue weighted by Crippen LogP contribution is 2.21. The van der Waals surface area contributed by atoms with Gasteiger partial charge < -0.3 is 0 Å². The van der Waals surface area contributed by atoms with Crippen molar-refractivity contribution in [3.63, 3.8) is 0 Å². The third-order valence-corrected chi connectivity index (χ3v) is 7.73. The van der Waals surface area contributed by atoms with Gasteiger partial charge in [0.15, 0.2) is 5.43 Å². The third kappa shape index (κ3) is 6.16. The van der Waals surface area contributed by atoms with Gasteiger partial charge in [-0.2, -0.15) is 10.2 Å². The molecule has 0 bridgehead atoms. The molecule has 0 fully saturated rings. The highest BCUT2D eigenvalue weighted by atomic mass is 32.2. The zero-order valence-corrected chi connectivity index (χ0v) is 21.8. The van der Waals surface area contributed by atoms with E-state index in [0.29, 0.717) is 36.0 Å². The Bertz CT molecular complexity index is 1550. The van der Waals surface area contributed by atoms with Gasteiger partial charge in [-0.05, 0) is 55.8 Å². The van der Waals surface area contributed by atoms with E-state index in [4.69, 9.17) is 0 Å². The molecule has 4 aromatic rings. The van der Waals surface area contributed by atoms with E-state index in [9.17, 15) is 9.00 Å². The number of aryl methyl sites for hydroxylation is 2. The lowest BCUT2D eigenvalue weighted by molar-refractivity contribution is 0.669. The van der Waals surface area contributed by atoms with Gasteiger partial charge in [-0.15, -0.1) is 0 Å². The molecule has 0 aliphatic carbocycles. The maximum absolute atomic E-state index is 13.6. The summed E-state index contributed by atoms with van der Waals surface area (Å²) < 4.78 is 17.7. The van der Waals surface area contributed by atoms with Gasteiger partial charge in [-0.25, -0.2) is 4.72 Å². The first-order chi connectivity index (χ1) is 17.3. The zero-order chi connectivity index (χ0) is 25.7. The maximum atomic E-state index is 13.6. The Kier molecular flexibility index (Phi) is 7.81. The number of nitrogens with one attached hydrogen (secondary N) is 2. The van der Waals surface area contributed by atoms with Gasteiger partial charge in [0.1, 0.15) is 0 Å². The Hall–Kier alpha value is -3.56. The molecule has 0 aliphatic heterocycles.